The predicted molar refractivity (Wildman–Crippen MR) is 84.9 cm³/mol. The zero-order chi connectivity index (χ0) is 13.5. The van der Waals surface area contributed by atoms with E-state index in [0.29, 0.717) is 0 Å². The number of likely N-dealkylation sites (N-methyl/N-ethyl adjacent to an activating group) is 1. The van der Waals surface area contributed by atoms with Crippen LogP contribution in [0.25, 0.3) is 0 Å². The van der Waals surface area contributed by atoms with Crippen molar-refractivity contribution in [2.45, 2.75) is 45.1 Å². The lowest BCUT2D eigenvalue weighted by atomic mass is 9.87. The zero-order valence-electron chi connectivity index (χ0n) is 12.4. The number of hydrogen-bond acceptors (Lipinski definition) is 3. The molecule has 0 bridgehead atoms. The quantitative estimate of drug-likeness (QED) is 0.823. The molecule has 0 aromatic carbocycles. The van der Waals surface area contributed by atoms with Crippen LogP contribution in [0, 0.1) is 5.92 Å². The molecule has 1 saturated carbocycles. The van der Waals surface area contributed by atoms with E-state index in [4.69, 9.17) is 0 Å². The number of rotatable bonds is 7. The highest BCUT2D eigenvalue weighted by atomic mass is 32.1. The summed E-state index contributed by atoms with van der Waals surface area (Å²) >= 11 is 1.87. The van der Waals surface area contributed by atoms with Crippen LogP contribution in [0.15, 0.2) is 17.5 Å². The van der Waals surface area contributed by atoms with E-state index in [2.05, 4.69) is 41.7 Å². The monoisotopic (exact) mass is 280 g/mol. The first-order valence-corrected chi connectivity index (χ1v) is 8.56. The Kier molecular flexibility index (Phi) is 6.35. The maximum Gasteiger partial charge on any atom is 0.0104 e. The molecule has 3 heteroatoms. The van der Waals surface area contributed by atoms with Gasteiger partial charge in [-0.1, -0.05) is 13.0 Å². The van der Waals surface area contributed by atoms with E-state index in [1.807, 2.05) is 11.3 Å². The molecule has 1 heterocycles. The van der Waals surface area contributed by atoms with Crippen molar-refractivity contribution in [1.29, 1.82) is 0 Å². The summed E-state index contributed by atoms with van der Waals surface area (Å²) in [6.45, 7) is 5.86. The topological polar surface area (TPSA) is 15.3 Å². The van der Waals surface area contributed by atoms with Crippen LogP contribution in [0.1, 0.15) is 37.5 Å². The van der Waals surface area contributed by atoms with Crippen LogP contribution in [-0.4, -0.2) is 37.6 Å². The first-order valence-electron chi connectivity index (χ1n) is 7.68. The third kappa shape index (κ3) is 5.64. The average Bonchev–Trinajstić information content (AvgIpc) is 2.92. The maximum atomic E-state index is 3.73. The third-order valence-corrected chi connectivity index (χ3v) is 5.20. The van der Waals surface area contributed by atoms with Crippen molar-refractivity contribution >= 4 is 11.3 Å². The molecule has 1 aromatic rings. The van der Waals surface area contributed by atoms with Crippen molar-refractivity contribution in [3.05, 3.63) is 22.4 Å². The van der Waals surface area contributed by atoms with Crippen LogP contribution in [0.2, 0.25) is 0 Å². The summed E-state index contributed by atoms with van der Waals surface area (Å²) in [4.78, 5) is 3.94. The summed E-state index contributed by atoms with van der Waals surface area (Å²) in [5, 5.41) is 5.89. The smallest absolute Gasteiger partial charge is 0.0104 e. The second-order valence-corrected chi connectivity index (χ2v) is 7.08. The minimum atomic E-state index is 0.780. The lowest BCUT2D eigenvalue weighted by Crippen LogP contribution is -2.38. The van der Waals surface area contributed by atoms with Gasteiger partial charge in [-0.05, 0) is 56.5 Å². The molecule has 0 saturated heterocycles. The molecule has 1 N–H and O–H groups in total. The van der Waals surface area contributed by atoms with Crippen LogP contribution in [0.4, 0.5) is 0 Å². The Balaban J connectivity index is 1.52. The predicted octanol–water partition coefficient (Wildman–Crippen LogP) is 3.39. The van der Waals surface area contributed by atoms with Gasteiger partial charge in [0.2, 0.25) is 0 Å². The second-order valence-electron chi connectivity index (χ2n) is 6.04. The van der Waals surface area contributed by atoms with E-state index in [-0.39, 0.29) is 0 Å². The van der Waals surface area contributed by atoms with E-state index < -0.39 is 0 Å². The van der Waals surface area contributed by atoms with Crippen LogP contribution in [0.5, 0.6) is 0 Å². The van der Waals surface area contributed by atoms with Crippen LogP contribution >= 0.6 is 11.3 Å². The molecule has 0 radical (unpaired) electrons. The molecule has 0 atom stereocenters. The van der Waals surface area contributed by atoms with Gasteiger partial charge in [-0.15, -0.1) is 11.3 Å². The molecule has 108 valence electrons. The van der Waals surface area contributed by atoms with E-state index in [9.17, 15) is 0 Å². The summed E-state index contributed by atoms with van der Waals surface area (Å²) < 4.78 is 0. The van der Waals surface area contributed by atoms with E-state index >= 15 is 0 Å². The highest BCUT2D eigenvalue weighted by Gasteiger charge is 2.17. The fraction of sp³-hybridized carbons (Fsp3) is 0.750. The lowest BCUT2D eigenvalue weighted by Gasteiger charge is -2.28. The van der Waals surface area contributed by atoms with Gasteiger partial charge in [0, 0.05) is 30.6 Å². The van der Waals surface area contributed by atoms with Crippen molar-refractivity contribution in [1.82, 2.24) is 10.2 Å². The third-order valence-electron chi connectivity index (χ3n) is 4.26. The molecule has 0 aliphatic heterocycles. The van der Waals surface area contributed by atoms with Gasteiger partial charge in [-0.25, -0.2) is 0 Å². The standard InChI is InChI=1S/C16H28N2S/c1-14-5-7-15(8-6-14)17-10-12-18(2)11-9-16-4-3-13-19-16/h3-4,13-15,17H,5-12H2,1-2H3. The van der Waals surface area contributed by atoms with Crippen LogP contribution < -0.4 is 5.32 Å². The SMILES string of the molecule is CC1CCC(NCCN(C)CCc2cccs2)CC1. The van der Waals surface area contributed by atoms with Crippen molar-refractivity contribution in [2.24, 2.45) is 5.92 Å². The molecular formula is C16H28N2S. The van der Waals surface area contributed by atoms with E-state index in [0.717, 1.165) is 25.0 Å². The van der Waals surface area contributed by atoms with Crippen LogP contribution in [-0.2, 0) is 6.42 Å². The van der Waals surface area contributed by atoms with Crippen molar-refractivity contribution in [3.63, 3.8) is 0 Å². The normalized spacial score (nSPS) is 23.9. The highest BCUT2D eigenvalue weighted by molar-refractivity contribution is 7.09. The first-order chi connectivity index (χ1) is 9.24. The van der Waals surface area contributed by atoms with Crippen molar-refractivity contribution in [2.75, 3.05) is 26.7 Å². The number of nitrogens with one attached hydrogen (secondary N) is 1. The van der Waals surface area contributed by atoms with Gasteiger partial charge in [0.15, 0.2) is 0 Å². The largest absolute Gasteiger partial charge is 0.313 e. The Bertz CT molecular complexity index is 329. The van der Waals surface area contributed by atoms with Crippen molar-refractivity contribution < 1.29 is 0 Å². The molecule has 1 aliphatic rings. The van der Waals surface area contributed by atoms with Crippen molar-refractivity contribution in [3.8, 4) is 0 Å². The minimum absolute atomic E-state index is 0.780. The van der Waals surface area contributed by atoms with Gasteiger partial charge < -0.3 is 10.2 Å². The van der Waals surface area contributed by atoms with Crippen LogP contribution in [0.3, 0.4) is 0 Å². The zero-order valence-corrected chi connectivity index (χ0v) is 13.2. The average molecular weight is 280 g/mol. The van der Waals surface area contributed by atoms with Gasteiger partial charge in [-0.3, -0.25) is 0 Å². The highest BCUT2D eigenvalue weighted by Crippen LogP contribution is 2.23. The van der Waals surface area contributed by atoms with Gasteiger partial charge in [0.05, 0.1) is 0 Å². The first kappa shape index (κ1) is 15.0. The Morgan fingerprint density at radius 2 is 2.05 bits per heavy atom. The molecule has 1 aliphatic carbocycles. The summed E-state index contributed by atoms with van der Waals surface area (Å²) in [5.41, 5.74) is 0. The number of hydrogen-bond donors (Lipinski definition) is 1. The Morgan fingerprint density at radius 3 is 2.74 bits per heavy atom. The number of thiophene rings is 1. The Morgan fingerprint density at radius 1 is 1.26 bits per heavy atom. The van der Waals surface area contributed by atoms with Gasteiger partial charge >= 0.3 is 0 Å². The molecule has 1 aromatic heterocycles. The van der Waals surface area contributed by atoms with Gasteiger partial charge in [0.25, 0.3) is 0 Å². The van der Waals surface area contributed by atoms with E-state index in [1.54, 1.807) is 0 Å². The fourth-order valence-corrected chi connectivity index (χ4v) is 3.49. The van der Waals surface area contributed by atoms with Gasteiger partial charge in [0.1, 0.15) is 0 Å². The van der Waals surface area contributed by atoms with E-state index in [1.165, 1.54) is 43.5 Å². The fourth-order valence-electron chi connectivity index (χ4n) is 2.79. The Hall–Kier alpha value is -0.380. The van der Waals surface area contributed by atoms with Gasteiger partial charge in [-0.2, -0.15) is 0 Å². The molecule has 2 rings (SSSR count). The molecule has 0 amide bonds. The number of nitrogens with zero attached hydrogens (tertiary/aromatic N) is 1. The minimum Gasteiger partial charge on any atom is -0.313 e. The molecule has 0 unspecified atom stereocenters. The summed E-state index contributed by atoms with van der Waals surface area (Å²) in [5.74, 6) is 0.950. The summed E-state index contributed by atoms with van der Waals surface area (Å²) in [7, 11) is 2.23. The Labute approximate surface area is 122 Å². The lowest BCUT2D eigenvalue weighted by molar-refractivity contribution is 0.283. The summed E-state index contributed by atoms with van der Waals surface area (Å²) in [6, 6.07) is 5.16. The second kappa shape index (κ2) is 8.03. The molecule has 1 fully saturated rings. The molecule has 19 heavy (non-hydrogen) atoms. The molecular weight excluding hydrogens is 252 g/mol. The molecule has 2 nitrogen and oxygen atoms in total. The summed E-state index contributed by atoms with van der Waals surface area (Å²) in [6.07, 6.45) is 6.76. The molecule has 0 spiro atoms. The maximum absolute atomic E-state index is 3.73.